The lowest BCUT2D eigenvalue weighted by Crippen LogP contribution is -2.52. The van der Waals surface area contributed by atoms with Crippen molar-refractivity contribution < 1.29 is 48.8 Å². The zero-order valence-electron chi connectivity index (χ0n) is 16.9. The van der Waals surface area contributed by atoms with Crippen molar-refractivity contribution in [2.45, 2.75) is 112 Å². The molecule has 6 rings (SSSR count). The zero-order chi connectivity index (χ0) is 20.9. The van der Waals surface area contributed by atoms with Crippen molar-refractivity contribution in [1.82, 2.24) is 0 Å². The van der Waals surface area contributed by atoms with Crippen molar-refractivity contribution in [3.05, 3.63) is 0 Å². The fraction of sp³-hybridized carbons (Fsp3) is 1.00. The first-order chi connectivity index (χ1) is 14.4. The maximum Gasteiger partial charge on any atom is 0.190 e. The van der Waals surface area contributed by atoms with Gasteiger partial charge in [0.05, 0.1) is 13.2 Å². The molecule has 2 aliphatic carbocycles. The molecule has 30 heavy (non-hydrogen) atoms. The Hall–Kier alpha value is -0.400. The molecule has 2 saturated carbocycles. The van der Waals surface area contributed by atoms with Gasteiger partial charge in [-0.3, -0.25) is 0 Å². The van der Waals surface area contributed by atoms with Gasteiger partial charge >= 0.3 is 0 Å². The Morgan fingerprint density at radius 3 is 1.93 bits per heavy atom. The summed E-state index contributed by atoms with van der Waals surface area (Å²) in [6.45, 7) is 0.201. The first kappa shape index (κ1) is 21.4. The third-order valence-corrected chi connectivity index (χ3v) is 7.06. The Labute approximate surface area is 175 Å². The van der Waals surface area contributed by atoms with Crippen LogP contribution in [0.3, 0.4) is 0 Å². The average Bonchev–Trinajstić information content (AvgIpc) is 3.55. The van der Waals surface area contributed by atoms with Crippen LogP contribution in [-0.4, -0.2) is 94.4 Å². The molecule has 8 atom stereocenters. The molecule has 0 aromatic rings. The van der Waals surface area contributed by atoms with E-state index in [4.69, 9.17) is 44.1 Å². The minimum absolute atomic E-state index is 0.0215. The van der Waals surface area contributed by atoms with Crippen LogP contribution >= 0.6 is 0 Å². The monoisotopic (exact) mass is 432 g/mol. The van der Waals surface area contributed by atoms with E-state index in [1.54, 1.807) is 0 Å². The molecule has 6 aliphatic rings. The summed E-state index contributed by atoms with van der Waals surface area (Å²) in [7, 11) is 0. The third-order valence-electron chi connectivity index (χ3n) is 7.06. The minimum atomic E-state index is -1.38. The van der Waals surface area contributed by atoms with Crippen molar-refractivity contribution >= 4 is 0 Å². The molecule has 10 heteroatoms. The third kappa shape index (κ3) is 3.71. The molecule has 0 bridgehead atoms. The van der Waals surface area contributed by atoms with E-state index < -0.39 is 31.2 Å². The Kier molecular flexibility index (Phi) is 5.85. The van der Waals surface area contributed by atoms with Crippen molar-refractivity contribution in [1.29, 1.82) is 0 Å². The molecule has 0 radical (unpaired) electrons. The highest BCUT2D eigenvalue weighted by Gasteiger charge is 2.62. The van der Waals surface area contributed by atoms with E-state index in [1.807, 2.05) is 0 Å². The van der Waals surface area contributed by atoms with Crippen LogP contribution in [0.1, 0.15) is 51.4 Å². The molecule has 172 valence electrons. The molecule has 6 unspecified atom stereocenters. The van der Waals surface area contributed by atoms with Crippen LogP contribution in [0.5, 0.6) is 0 Å². The van der Waals surface area contributed by atoms with E-state index in [2.05, 4.69) is 4.74 Å². The molecule has 2 spiro atoms. The molecule has 4 heterocycles. The van der Waals surface area contributed by atoms with Gasteiger partial charge in [0.1, 0.15) is 36.6 Å². The molecule has 10 nitrogen and oxygen atoms in total. The van der Waals surface area contributed by atoms with Gasteiger partial charge in [-0.15, -0.1) is 0 Å². The standard InChI is InChI=1S/C15H22O5.C5H10O5/c1-2-6-14(5-1)16-9-10-11(18-14)12-13(17-10)20-15(19-12)7-3-4-8-15;6-1-2-3(7)4(8)5(9)10-2/h10-13H,1-9H2;2-9H,1H2/t10?,11?,12-,13-;/m1./s1. The molecule has 0 aromatic heterocycles. The quantitative estimate of drug-likeness (QED) is 0.429. The van der Waals surface area contributed by atoms with Gasteiger partial charge in [-0.2, -0.15) is 0 Å². The molecule has 0 amide bonds. The van der Waals surface area contributed by atoms with Gasteiger partial charge < -0.3 is 48.8 Å². The van der Waals surface area contributed by atoms with Crippen LogP contribution in [0.2, 0.25) is 0 Å². The Balaban J connectivity index is 0.000000164. The number of fused-ring (bicyclic) bond motifs is 3. The lowest BCUT2D eigenvalue weighted by Gasteiger charge is -2.41. The fourth-order valence-corrected chi connectivity index (χ4v) is 5.40. The molecular weight excluding hydrogens is 400 g/mol. The Morgan fingerprint density at radius 2 is 1.37 bits per heavy atom. The average molecular weight is 432 g/mol. The van der Waals surface area contributed by atoms with Gasteiger partial charge in [0.15, 0.2) is 24.2 Å². The number of hydrogen-bond donors (Lipinski definition) is 4. The normalized spacial score (nSPS) is 48.0. The Morgan fingerprint density at radius 1 is 0.733 bits per heavy atom. The summed E-state index contributed by atoms with van der Waals surface area (Å²) >= 11 is 0. The second kappa shape index (κ2) is 8.18. The van der Waals surface area contributed by atoms with E-state index in [1.165, 1.54) is 25.7 Å². The van der Waals surface area contributed by atoms with Crippen molar-refractivity contribution in [2.75, 3.05) is 13.2 Å². The lowest BCUT2D eigenvalue weighted by molar-refractivity contribution is -0.332. The minimum Gasteiger partial charge on any atom is -0.394 e. The second-order valence-electron chi connectivity index (χ2n) is 9.10. The van der Waals surface area contributed by atoms with Gasteiger partial charge in [-0.1, -0.05) is 0 Å². The number of aliphatic hydroxyl groups excluding tert-OH is 4. The van der Waals surface area contributed by atoms with Gasteiger partial charge in [-0.25, -0.2) is 0 Å². The van der Waals surface area contributed by atoms with Gasteiger partial charge in [-0.05, 0) is 25.7 Å². The second-order valence-corrected chi connectivity index (χ2v) is 9.10. The molecule has 6 fully saturated rings. The SMILES string of the molecule is C1CCC2(C1)OCC1O[C@@H]3OC4(CCCC4)O[C@@H]3C1O2.OCC1OC(O)C(O)C1O. The van der Waals surface area contributed by atoms with Crippen LogP contribution in [0.15, 0.2) is 0 Å². The largest absolute Gasteiger partial charge is 0.394 e. The predicted molar refractivity (Wildman–Crippen MR) is 97.8 cm³/mol. The van der Waals surface area contributed by atoms with E-state index in [0.29, 0.717) is 6.61 Å². The smallest absolute Gasteiger partial charge is 0.190 e. The maximum absolute atomic E-state index is 8.93. The van der Waals surface area contributed by atoms with Crippen LogP contribution in [0.25, 0.3) is 0 Å². The summed E-state index contributed by atoms with van der Waals surface area (Å²) < 4.78 is 35.2. The van der Waals surface area contributed by atoms with Crippen molar-refractivity contribution in [3.63, 3.8) is 0 Å². The first-order valence-corrected chi connectivity index (χ1v) is 11.1. The van der Waals surface area contributed by atoms with Crippen LogP contribution in [-0.2, 0) is 28.4 Å². The van der Waals surface area contributed by atoms with E-state index >= 15 is 0 Å². The highest BCUT2D eigenvalue weighted by Crippen LogP contribution is 2.50. The van der Waals surface area contributed by atoms with E-state index in [9.17, 15) is 0 Å². The topological polar surface area (TPSA) is 136 Å². The summed E-state index contributed by atoms with van der Waals surface area (Å²) in [5, 5.41) is 35.0. The van der Waals surface area contributed by atoms with E-state index in [0.717, 1.165) is 25.7 Å². The molecule has 4 aliphatic heterocycles. The van der Waals surface area contributed by atoms with Gasteiger partial charge in [0.25, 0.3) is 0 Å². The van der Waals surface area contributed by atoms with Crippen LogP contribution in [0.4, 0.5) is 0 Å². The predicted octanol–water partition coefficient (Wildman–Crippen LogP) is -0.500. The Bertz CT molecular complexity index is 604. The summed E-state index contributed by atoms with van der Waals surface area (Å²) in [4.78, 5) is 0. The summed E-state index contributed by atoms with van der Waals surface area (Å²) in [5.41, 5.74) is 0. The highest BCUT2D eigenvalue weighted by atomic mass is 16.9. The lowest BCUT2D eigenvalue weighted by atomic mass is 10.1. The summed E-state index contributed by atoms with van der Waals surface area (Å²) in [6.07, 6.45) is 3.58. The van der Waals surface area contributed by atoms with Crippen molar-refractivity contribution in [3.8, 4) is 0 Å². The zero-order valence-corrected chi connectivity index (χ0v) is 16.9. The molecule has 4 saturated heterocycles. The number of aliphatic hydroxyl groups is 4. The summed E-state index contributed by atoms with van der Waals surface area (Å²) in [6, 6.07) is 0. The van der Waals surface area contributed by atoms with Crippen LogP contribution < -0.4 is 0 Å². The molecular formula is C20H32O10. The summed E-state index contributed by atoms with van der Waals surface area (Å²) in [5.74, 6) is -0.751. The van der Waals surface area contributed by atoms with Crippen LogP contribution in [0, 0.1) is 0 Å². The molecule has 4 N–H and O–H groups in total. The maximum atomic E-state index is 8.93. The van der Waals surface area contributed by atoms with Crippen molar-refractivity contribution in [2.24, 2.45) is 0 Å². The number of hydrogen-bond acceptors (Lipinski definition) is 10. The fourth-order valence-electron chi connectivity index (χ4n) is 5.40. The number of ether oxygens (including phenoxy) is 6. The molecule has 0 aromatic carbocycles. The van der Waals surface area contributed by atoms with Gasteiger partial charge in [0.2, 0.25) is 0 Å². The first-order valence-electron chi connectivity index (χ1n) is 11.1. The number of rotatable bonds is 1. The van der Waals surface area contributed by atoms with E-state index in [-0.39, 0.29) is 36.2 Å². The van der Waals surface area contributed by atoms with Gasteiger partial charge in [0, 0.05) is 25.7 Å². The highest BCUT2D eigenvalue weighted by molar-refractivity contribution is 5.00.